The molecule has 4 aliphatic rings. The minimum absolute atomic E-state index is 0.0969. The largest absolute Gasteiger partial charge is 0.442 e. The maximum absolute atomic E-state index is 12.4. The van der Waals surface area contributed by atoms with Gasteiger partial charge in [-0.15, -0.1) is 0 Å². The molecule has 3 fully saturated rings. The van der Waals surface area contributed by atoms with Gasteiger partial charge in [-0.1, -0.05) is 30.3 Å². The van der Waals surface area contributed by atoms with Gasteiger partial charge in [0.25, 0.3) is 0 Å². The van der Waals surface area contributed by atoms with Crippen LogP contribution >= 0.6 is 0 Å². The predicted octanol–water partition coefficient (Wildman–Crippen LogP) is 2.35. The summed E-state index contributed by atoms with van der Waals surface area (Å²) in [5.41, 5.74) is 4.97. The van der Waals surface area contributed by atoms with Crippen LogP contribution in [-0.4, -0.2) is 43.8 Å². The van der Waals surface area contributed by atoms with Crippen molar-refractivity contribution in [2.75, 3.05) is 24.5 Å². The van der Waals surface area contributed by atoms with Crippen LogP contribution in [0.15, 0.2) is 42.5 Å². The fourth-order valence-corrected chi connectivity index (χ4v) is 6.01. The molecule has 3 aliphatic heterocycles. The Bertz CT molecular complexity index is 1160. The zero-order chi connectivity index (χ0) is 22.0. The van der Waals surface area contributed by atoms with Crippen LogP contribution in [0.3, 0.4) is 0 Å². The van der Waals surface area contributed by atoms with Gasteiger partial charge in [-0.3, -0.25) is 9.69 Å². The summed E-state index contributed by atoms with van der Waals surface area (Å²) >= 11 is 0. The summed E-state index contributed by atoms with van der Waals surface area (Å²) in [7, 11) is 0. The molecule has 1 saturated carbocycles. The fraction of sp³-hybridized carbons (Fsp3) is 0.400. The Labute approximate surface area is 186 Å². The number of cyclic esters (lactones) is 1. The molecular weight excluding hydrogens is 404 g/mol. The van der Waals surface area contributed by atoms with Gasteiger partial charge in [0.15, 0.2) is 0 Å². The molecule has 7 heteroatoms. The highest BCUT2D eigenvalue weighted by molar-refractivity contribution is 5.94. The third kappa shape index (κ3) is 2.63. The normalized spacial score (nSPS) is 31.4. The van der Waals surface area contributed by atoms with Gasteiger partial charge in [0, 0.05) is 31.8 Å². The third-order valence-corrected chi connectivity index (χ3v) is 7.69. The van der Waals surface area contributed by atoms with Gasteiger partial charge in [0.2, 0.25) is 5.91 Å². The molecule has 0 radical (unpaired) electrons. The van der Waals surface area contributed by atoms with E-state index < -0.39 is 0 Å². The van der Waals surface area contributed by atoms with E-state index in [9.17, 15) is 14.9 Å². The van der Waals surface area contributed by atoms with E-state index in [1.165, 1.54) is 6.92 Å². The van der Waals surface area contributed by atoms with E-state index in [4.69, 9.17) is 4.74 Å². The second kappa shape index (κ2) is 6.81. The Morgan fingerprint density at radius 3 is 2.62 bits per heavy atom. The number of carbonyl (C=O) groups excluding carboxylic acids is 2. The first-order valence-corrected chi connectivity index (χ1v) is 11.1. The molecule has 0 bridgehead atoms. The summed E-state index contributed by atoms with van der Waals surface area (Å²) in [6.45, 7) is 3.63. The van der Waals surface area contributed by atoms with Crippen LogP contribution in [0.25, 0.3) is 11.1 Å². The van der Waals surface area contributed by atoms with Gasteiger partial charge >= 0.3 is 6.09 Å². The Morgan fingerprint density at radius 2 is 1.94 bits per heavy atom. The smallest absolute Gasteiger partial charge is 0.415 e. The highest BCUT2D eigenvalue weighted by Gasteiger charge is 2.68. The number of hydrogen-bond donors (Lipinski definition) is 2. The van der Waals surface area contributed by atoms with Gasteiger partial charge in [-0.25, -0.2) is 4.79 Å². The SMILES string of the molecule is CC(=O)NC[C@@H]1OC(=O)N2c3ccc(-c4ccc(C5(C#N)[C@@H]6CNC[C@@H]65)cc4)cc3C[C@@H]12. The quantitative estimate of drug-likeness (QED) is 0.780. The number of nitrogens with one attached hydrogen (secondary N) is 2. The van der Waals surface area contributed by atoms with Crippen LogP contribution in [0.5, 0.6) is 0 Å². The van der Waals surface area contributed by atoms with Crippen molar-refractivity contribution in [3.8, 4) is 17.2 Å². The fourth-order valence-electron chi connectivity index (χ4n) is 6.01. The number of ether oxygens (including phenoxy) is 1. The van der Waals surface area contributed by atoms with E-state index in [0.29, 0.717) is 24.8 Å². The molecule has 0 spiro atoms. The van der Waals surface area contributed by atoms with Gasteiger partial charge in [-0.2, -0.15) is 5.26 Å². The van der Waals surface area contributed by atoms with Crippen molar-refractivity contribution in [2.24, 2.45) is 11.8 Å². The molecule has 3 heterocycles. The van der Waals surface area contributed by atoms with Gasteiger partial charge < -0.3 is 15.4 Å². The first-order chi connectivity index (χ1) is 15.5. The average molecular weight is 428 g/mol. The number of anilines is 1. The average Bonchev–Trinajstić information content (AvgIpc) is 3.20. The molecule has 162 valence electrons. The molecule has 1 aliphatic carbocycles. The minimum atomic E-state index is -0.354. The Kier molecular flexibility index (Phi) is 4.11. The molecule has 2 saturated heterocycles. The van der Waals surface area contributed by atoms with Gasteiger partial charge in [0.05, 0.1) is 29.8 Å². The van der Waals surface area contributed by atoms with Crippen LogP contribution in [0.4, 0.5) is 10.5 Å². The van der Waals surface area contributed by atoms with Crippen LogP contribution in [-0.2, 0) is 21.4 Å². The lowest BCUT2D eigenvalue weighted by atomic mass is 9.90. The summed E-state index contributed by atoms with van der Waals surface area (Å²) < 4.78 is 5.48. The number of rotatable bonds is 4. The van der Waals surface area contributed by atoms with Gasteiger partial charge in [-0.05, 0) is 40.8 Å². The van der Waals surface area contributed by atoms with Crippen LogP contribution in [0.1, 0.15) is 18.1 Å². The number of hydrogen-bond acceptors (Lipinski definition) is 5. The van der Waals surface area contributed by atoms with Crippen molar-refractivity contribution in [3.63, 3.8) is 0 Å². The molecule has 1 unspecified atom stereocenters. The van der Waals surface area contributed by atoms with Crippen LogP contribution in [0, 0.1) is 23.2 Å². The Balaban J connectivity index is 1.24. The first kappa shape index (κ1) is 19.3. The predicted molar refractivity (Wildman–Crippen MR) is 118 cm³/mol. The molecule has 2 amide bonds. The van der Waals surface area contributed by atoms with Crippen molar-refractivity contribution >= 4 is 17.7 Å². The summed E-state index contributed by atoms with van der Waals surface area (Å²) in [5, 5.41) is 16.0. The van der Waals surface area contributed by atoms with E-state index in [-0.39, 0.29) is 29.6 Å². The van der Waals surface area contributed by atoms with Crippen molar-refractivity contribution in [1.29, 1.82) is 5.26 Å². The van der Waals surface area contributed by atoms with E-state index >= 15 is 0 Å². The molecule has 2 aromatic rings. The Hall–Kier alpha value is -3.37. The number of nitrogens with zero attached hydrogens (tertiary/aromatic N) is 2. The first-order valence-electron chi connectivity index (χ1n) is 11.1. The van der Waals surface area contributed by atoms with Crippen molar-refractivity contribution in [2.45, 2.75) is 30.9 Å². The summed E-state index contributed by atoms with van der Waals surface area (Å²) in [5.74, 6) is 0.721. The summed E-state index contributed by atoms with van der Waals surface area (Å²) in [6, 6.07) is 17.0. The van der Waals surface area contributed by atoms with Gasteiger partial charge in [0.1, 0.15) is 6.10 Å². The standard InChI is InChI=1S/C25H24N4O3/c1-14(30)28-12-23-22-9-17-8-16(4-7-21(17)29(22)24(31)32-23)15-2-5-18(6-3-15)25(13-26)19-10-27-11-20(19)25/h2-8,19-20,22-23,27H,9-12H2,1H3,(H,28,30)/t19-,20+,22-,23-,25?/m0/s1. The molecular formula is C25H24N4O3. The van der Waals surface area contributed by atoms with Crippen molar-refractivity contribution < 1.29 is 14.3 Å². The third-order valence-electron chi connectivity index (χ3n) is 7.69. The summed E-state index contributed by atoms with van der Waals surface area (Å²) in [4.78, 5) is 25.4. The van der Waals surface area contributed by atoms with Crippen LogP contribution in [0.2, 0.25) is 0 Å². The lowest BCUT2D eigenvalue weighted by molar-refractivity contribution is -0.119. The maximum atomic E-state index is 12.4. The number of benzene rings is 2. The number of amides is 2. The number of carbonyl (C=O) groups is 2. The second-order valence-corrected chi connectivity index (χ2v) is 9.27. The highest BCUT2D eigenvalue weighted by Crippen LogP contribution is 2.61. The molecule has 2 aromatic carbocycles. The lowest BCUT2D eigenvalue weighted by Gasteiger charge is -2.16. The number of nitriles is 1. The number of piperidine rings is 1. The molecule has 0 aromatic heterocycles. The Morgan fingerprint density at radius 1 is 1.22 bits per heavy atom. The molecule has 32 heavy (non-hydrogen) atoms. The molecule has 6 rings (SSSR count). The minimum Gasteiger partial charge on any atom is -0.442 e. The molecule has 2 N–H and O–H groups in total. The summed E-state index contributed by atoms with van der Waals surface area (Å²) in [6.07, 6.45) is -0.00538. The van der Waals surface area contributed by atoms with E-state index in [1.54, 1.807) is 4.90 Å². The van der Waals surface area contributed by atoms with Crippen LogP contribution < -0.4 is 15.5 Å². The lowest BCUT2D eigenvalue weighted by Crippen LogP contribution is -2.40. The van der Waals surface area contributed by atoms with Crippen molar-refractivity contribution in [3.05, 3.63) is 53.6 Å². The monoisotopic (exact) mass is 428 g/mol. The topological polar surface area (TPSA) is 94.5 Å². The highest BCUT2D eigenvalue weighted by atomic mass is 16.6. The zero-order valence-corrected chi connectivity index (χ0v) is 17.8. The van der Waals surface area contributed by atoms with Crippen molar-refractivity contribution in [1.82, 2.24) is 10.6 Å². The zero-order valence-electron chi connectivity index (χ0n) is 17.8. The molecule has 7 nitrogen and oxygen atoms in total. The molecule has 5 atom stereocenters. The van der Waals surface area contributed by atoms with E-state index in [0.717, 1.165) is 41.0 Å². The number of fused-ring (bicyclic) bond motifs is 4. The second-order valence-electron chi connectivity index (χ2n) is 9.27. The van der Waals surface area contributed by atoms with E-state index in [2.05, 4.69) is 47.0 Å². The van der Waals surface area contributed by atoms with E-state index in [1.807, 2.05) is 12.1 Å². The maximum Gasteiger partial charge on any atom is 0.415 e.